The van der Waals surface area contributed by atoms with Crippen LogP contribution in [0.25, 0.3) is 0 Å². The van der Waals surface area contributed by atoms with Gasteiger partial charge in [0.15, 0.2) is 0 Å². The van der Waals surface area contributed by atoms with Crippen molar-refractivity contribution in [2.24, 2.45) is 0 Å². The topological polar surface area (TPSA) is 79.3 Å². The maximum atomic E-state index is 12.1. The summed E-state index contributed by atoms with van der Waals surface area (Å²) in [4.78, 5) is 26.9. The third-order valence-corrected chi connectivity index (χ3v) is 3.14. The Hall–Kier alpha value is -2.21. The molecule has 20 heavy (non-hydrogen) atoms. The molecule has 0 atom stereocenters. The minimum atomic E-state index is -0.996. The second-order valence-corrected chi connectivity index (χ2v) is 4.97. The van der Waals surface area contributed by atoms with Crippen LogP contribution in [0.2, 0.25) is 0 Å². The number of amides is 1. The van der Waals surface area contributed by atoms with E-state index in [0.29, 0.717) is 21.4 Å². The van der Waals surface area contributed by atoms with Gasteiger partial charge in [0.2, 0.25) is 0 Å². The summed E-state index contributed by atoms with van der Waals surface area (Å²) in [7, 11) is 0. The van der Waals surface area contributed by atoms with E-state index in [1.807, 2.05) is 0 Å². The van der Waals surface area contributed by atoms with Gasteiger partial charge in [0.1, 0.15) is 4.60 Å². The maximum Gasteiger partial charge on any atom is 0.335 e. The number of aromatic carboxylic acids is 1. The molecule has 0 spiro atoms. The predicted octanol–water partition coefficient (Wildman–Crippen LogP) is 3.10. The highest BCUT2D eigenvalue weighted by atomic mass is 79.9. The van der Waals surface area contributed by atoms with Crippen molar-refractivity contribution in [3.8, 4) is 0 Å². The molecule has 5 nitrogen and oxygen atoms in total. The van der Waals surface area contributed by atoms with Gasteiger partial charge in [-0.3, -0.25) is 4.79 Å². The summed E-state index contributed by atoms with van der Waals surface area (Å²) >= 11 is 3.20. The minimum Gasteiger partial charge on any atom is -0.478 e. The Balaban J connectivity index is 2.22. The van der Waals surface area contributed by atoms with Crippen LogP contribution in [0.5, 0.6) is 0 Å². The zero-order valence-corrected chi connectivity index (χ0v) is 12.1. The van der Waals surface area contributed by atoms with Gasteiger partial charge in [-0.05, 0) is 58.7 Å². The van der Waals surface area contributed by atoms with Crippen molar-refractivity contribution in [3.63, 3.8) is 0 Å². The number of hydrogen-bond acceptors (Lipinski definition) is 3. The number of carboxylic acid groups (broad SMARTS) is 1. The molecule has 1 heterocycles. The van der Waals surface area contributed by atoms with Gasteiger partial charge >= 0.3 is 5.97 Å². The first-order valence-corrected chi connectivity index (χ1v) is 6.53. The zero-order valence-electron chi connectivity index (χ0n) is 10.6. The summed E-state index contributed by atoms with van der Waals surface area (Å²) < 4.78 is 0.572. The summed E-state index contributed by atoms with van der Waals surface area (Å²) in [6, 6.07) is 7.75. The number of benzene rings is 1. The van der Waals surface area contributed by atoms with Crippen molar-refractivity contribution in [2.75, 3.05) is 5.32 Å². The molecule has 2 aromatic rings. The minimum absolute atomic E-state index is 0.187. The van der Waals surface area contributed by atoms with Crippen LogP contribution in [-0.2, 0) is 0 Å². The van der Waals surface area contributed by atoms with Crippen molar-refractivity contribution in [1.82, 2.24) is 4.98 Å². The zero-order chi connectivity index (χ0) is 14.7. The number of anilines is 1. The summed E-state index contributed by atoms with van der Waals surface area (Å²) in [6.07, 6.45) is 1.53. The lowest BCUT2D eigenvalue weighted by Crippen LogP contribution is -2.13. The lowest BCUT2D eigenvalue weighted by Gasteiger charge is -2.09. The number of rotatable bonds is 3. The van der Waals surface area contributed by atoms with Crippen molar-refractivity contribution in [1.29, 1.82) is 0 Å². The van der Waals surface area contributed by atoms with Gasteiger partial charge in [0.05, 0.1) is 5.56 Å². The normalized spacial score (nSPS) is 10.1. The van der Waals surface area contributed by atoms with E-state index in [1.165, 1.54) is 18.3 Å². The van der Waals surface area contributed by atoms with Crippen LogP contribution in [0.15, 0.2) is 41.1 Å². The molecule has 0 fully saturated rings. The molecule has 102 valence electrons. The summed E-state index contributed by atoms with van der Waals surface area (Å²) in [5.41, 5.74) is 1.92. The average Bonchev–Trinajstić information content (AvgIpc) is 2.40. The van der Waals surface area contributed by atoms with Gasteiger partial charge in [0, 0.05) is 17.4 Å². The van der Waals surface area contributed by atoms with Crippen LogP contribution >= 0.6 is 15.9 Å². The van der Waals surface area contributed by atoms with Crippen molar-refractivity contribution in [3.05, 3.63) is 57.8 Å². The first-order chi connectivity index (χ1) is 9.47. The highest BCUT2D eigenvalue weighted by Gasteiger charge is 2.10. The second-order valence-electron chi connectivity index (χ2n) is 4.16. The Kier molecular flexibility index (Phi) is 4.14. The quantitative estimate of drug-likeness (QED) is 0.845. The van der Waals surface area contributed by atoms with E-state index in [0.717, 1.165) is 0 Å². The van der Waals surface area contributed by atoms with Gasteiger partial charge in [0.25, 0.3) is 5.91 Å². The van der Waals surface area contributed by atoms with Crippen LogP contribution in [0.1, 0.15) is 26.3 Å². The van der Waals surface area contributed by atoms with Crippen LogP contribution in [0.3, 0.4) is 0 Å². The largest absolute Gasteiger partial charge is 0.478 e. The number of aromatic nitrogens is 1. The maximum absolute atomic E-state index is 12.1. The van der Waals surface area contributed by atoms with Crippen LogP contribution in [-0.4, -0.2) is 22.0 Å². The van der Waals surface area contributed by atoms with E-state index >= 15 is 0 Å². The van der Waals surface area contributed by atoms with Gasteiger partial charge in [-0.2, -0.15) is 0 Å². The van der Waals surface area contributed by atoms with Crippen molar-refractivity contribution >= 4 is 33.5 Å². The van der Waals surface area contributed by atoms with E-state index in [1.54, 1.807) is 25.1 Å². The third kappa shape index (κ3) is 3.21. The van der Waals surface area contributed by atoms with Gasteiger partial charge in [-0.1, -0.05) is 0 Å². The number of nitrogens with one attached hydrogen (secondary N) is 1. The molecule has 2 N–H and O–H groups in total. The van der Waals surface area contributed by atoms with Crippen LogP contribution in [0, 0.1) is 6.92 Å². The molecule has 0 radical (unpaired) electrons. The van der Waals surface area contributed by atoms with Gasteiger partial charge in [-0.15, -0.1) is 0 Å². The Morgan fingerprint density at radius 3 is 2.55 bits per heavy atom. The van der Waals surface area contributed by atoms with Gasteiger partial charge < -0.3 is 10.4 Å². The highest BCUT2D eigenvalue weighted by Crippen LogP contribution is 2.18. The summed E-state index contributed by atoms with van der Waals surface area (Å²) in [5, 5.41) is 11.6. The number of carboxylic acids is 1. The number of hydrogen-bond donors (Lipinski definition) is 2. The van der Waals surface area contributed by atoms with Gasteiger partial charge in [-0.25, -0.2) is 9.78 Å². The first-order valence-electron chi connectivity index (χ1n) is 5.74. The average molecular weight is 335 g/mol. The molecule has 0 unspecified atom stereocenters. The molecule has 0 aliphatic heterocycles. The Bertz CT molecular complexity index is 686. The number of carbonyl (C=O) groups is 2. The molecule has 2 rings (SSSR count). The molecule has 1 amide bonds. The molecule has 6 heteroatoms. The molecule has 1 aromatic carbocycles. The smallest absolute Gasteiger partial charge is 0.335 e. The lowest BCUT2D eigenvalue weighted by molar-refractivity contribution is 0.0696. The Morgan fingerprint density at radius 2 is 1.95 bits per heavy atom. The third-order valence-electron chi connectivity index (χ3n) is 2.71. The van der Waals surface area contributed by atoms with Crippen LogP contribution < -0.4 is 5.32 Å². The van der Waals surface area contributed by atoms with E-state index in [-0.39, 0.29) is 11.5 Å². The number of nitrogens with zero attached hydrogens (tertiary/aromatic N) is 1. The van der Waals surface area contributed by atoms with E-state index in [9.17, 15) is 9.59 Å². The second kappa shape index (κ2) is 5.83. The van der Waals surface area contributed by atoms with Crippen molar-refractivity contribution in [2.45, 2.75) is 6.92 Å². The standard InChI is InChI=1S/C14H11BrN2O3/c1-8-6-10(14(19)20)2-3-11(8)17-13(18)9-4-5-16-12(15)7-9/h2-7H,1H3,(H,17,18)(H,19,20). The fourth-order valence-corrected chi connectivity index (χ4v) is 2.04. The Labute approximate surface area is 123 Å². The van der Waals surface area contributed by atoms with Crippen LogP contribution in [0.4, 0.5) is 5.69 Å². The van der Waals surface area contributed by atoms with Crippen molar-refractivity contribution < 1.29 is 14.7 Å². The fraction of sp³-hybridized carbons (Fsp3) is 0.0714. The number of carbonyl (C=O) groups excluding carboxylic acids is 1. The SMILES string of the molecule is Cc1cc(C(=O)O)ccc1NC(=O)c1ccnc(Br)c1. The van der Waals surface area contributed by atoms with E-state index in [4.69, 9.17) is 5.11 Å². The fourth-order valence-electron chi connectivity index (χ4n) is 1.68. The first kappa shape index (κ1) is 14.2. The molecule has 0 saturated carbocycles. The lowest BCUT2D eigenvalue weighted by atomic mass is 10.1. The molecule has 0 aliphatic rings. The molecule has 0 bridgehead atoms. The summed E-state index contributed by atoms with van der Waals surface area (Å²) in [5.74, 6) is -1.27. The molecule has 0 saturated heterocycles. The molecular weight excluding hydrogens is 324 g/mol. The molecule has 1 aromatic heterocycles. The Morgan fingerprint density at radius 1 is 1.20 bits per heavy atom. The number of aryl methyl sites for hydroxylation is 1. The predicted molar refractivity (Wildman–Crippen MR) is 78.0 cm³/mol. The van der Waals surface area contributed by atoms with E-state index in [2.05, 4.69) is 26.2 Å². The molecule has 0 aliphatic carbocycles. The number of pyridine rings is 1. The number of halogens is 1. The monoisotopic (exact) mass is 334 g/mol. The van der Waals surface area contributed by atoms with E-state index < -0.39 is 5.97 Å². The highest BCUT2D eigenvalue weighted by molar-refractivity contribution is 9.10. The summed E-state index contributed by atoms with van der Waals surface area (Å²) in [6.45, 7) is 1.74. The molecular formula is C14H11BrN2O3.